The van der Waals surface area contributed by atoms with Gasteiger partial charge in [-0.05, 0) is 24.5 Å². The molecule has 1 heterocycles. The molecule has 1 aromatic heterocycles. The molecule has 0 aromatic carbocycles. The van der Waals surface area contributed by atoms with Gasteiger partial charge in [0, 0.05) is 18.3 Å². The molecule has 1 amide bonds. The molecule has 3 nitrogen and oxygen atoms in total. The van der Waals surface area contributed by atoms with Crippen LogP contribution in [0.5, 0.6) is 0 Å². The number of carbonyl (C=O) groups is 1. The normalized spacial score (nSPS) is 12.0. The molecule has 1 rings (SSSR count). The monoisotopic (exact) mass is 190 g/mol. The molecule has 0 saturated carbocycles. The summed E-state index contributed by atoms with van der Waals surface area (Å²) in [7, 11) is 0. The van der Waals surface area contributed by atoms with E-state index in [1.54, 1.807) is 18.5 Å². The molecule has 14 heavy (non-hydrogen) atoms. The number of rotatable bonds is 5. The molecule has 0 radical (unpaired) electrons. The molecule has 1 aromatic rings. The van der Waals surface area contributed by atoms with E-state index >= 15 is 0 Å². The Morgan fingerprint density at radius 3 is 3.00 bits per heavy atom. The second kappa shape index (κ2) is 5.17. The Morgan fingerprint density at radius 2 is 2.50 bits per heavy atom. The third-order valence-electron chi connectivity index (χ3n) is 2.06. The summed E-state index contributed by atoms with van der Waals surface area (Å²) in [4.78, 5) is 15.0. The van der Waals surface area contributed by atoms with E-state index in [4.69, 9.17) is 5.73 Å². The van der Waals surface area contributed by atoms with E-state index < -0.39 is 0 Å². The Kier molecular flexibility index (Phi) is 3.85. The zero-order valence-corrected chi connectivity index (χ0v) is 8.02. The smallest absolute Gasteiger partial charge is 0.221 e. The van der Waals surface area contributed by atoms with Gasteiger partial charge >= 0.3 is 0 Å². The van der Waals surface area contributed by atoms with Gasteiger partial charge in [-0.3, -0.25) is 9.78 Å². The number of primary amides is 1. The first-order chi connectivity index (χ1) is 6.74. The van der Waals surface area contributed by atoms with Gasteiger partial charge in [0.1, 0.15) is 0 Å². The summed E-state index contributed by atoms with van der Waals surface area (Å²) < 4.78 is 0. The quantitative estimate of drug-likeness (QED) is 0.711. The van der Waals surface area contributed by atoms with Gasteiger partial charge in [0.2, 0.25) is 5.91 Å². The molecule has 0 fully saturated rings. The zero-order valence-electron chi connectivity index (χ0n) is 8.02. The second-order valence-electron chi connectivity index (χ2n) is 3.19. The SMILES string of the molecule is C=CCC(Cc1cccnc1)C(N)=O. The van der Waals surface area contributed by atoms with E-state index in [-0.39, 0.29) is 11.8 Å². The highest BCUT2D eigenvalue weighted by Gasteiger charge is 2.13. The minimum absolute atomic E-state index is 0.170. The lowest BCUT2D eigenvalue weighted by atomic mass is 9.97. The van der Waals surface area contributed by atoms with Crippen molar-refractivity contribution in [2.75, 3.05) is 0 Å². The molecule has 1 atom stereocenters. The summed E-state index contributed by atoms with van der Waals surface area (Å²) in [5, 5.41) is 0. The molecular formula is C11H14N2O. The topological polar surface area (TPSA) is 56.0 Å². The molecule has 0 aliphatic rings. The van der Waals surface area contributed by atoms with Crippen LogP contribution in [0.3, 0.4) is 0 Å². The van der Waals surface area contributed by atoms with Crippen LogP contribution in [0, 0.1) is 5.92 Å². The van der Waals surface area contributed by atoms with Crippen molar-refractivity contribution < 1.29 is 4.79 Å². The number of pyridine rings is 1. The molecule has 3 heteroatoms. The van der Waals surface area contributed by atoms with E-state index in [0.717, 1.165) is 5.56 Å². The number of carbonyl (C=O) groups excluding carboxylic acids is 1. The van der Waals surface area contributed by atoms with Gasteiger partial charge in [0.05, 0.1) is 0 Å². The van der Waals surface area contributed by atoms with Crippen LogP contribution < -0.4 is 5.73 Å². The van der Waals surface area contributed by atoms with Crippen LogP contribution in [-0.2, 0) is 11.2 Å². The molecular weight excluding hydrogens is 176 g/mol. The average Bonchev–Trinajstić information content (AvgIpc) is 2.18. The predicted molar refractivity (Wildman–Crippen MR) is 55.4 cm³/mol. The summed E-state index contributed by atoms with van der Waals surface area (Å²) in [6.45, 7) is 3.60. The van der Waals surface area contributed by atoms with Gasteiger partial charge in [0.25, 0.3) is 0 Å². The first kappa shape index (κ1) is 10.4. The van der Waals surface area contributed by atoms with Crippen molar-refractivity contribution in [2.24, 2.45) is 11.7 Å². The summed E-state index contributed by atoms with van der Waals surface area (Å²) in [5.74, 6) is -0.453. The third kappa shape index (κ3) is 3.01. The Labute approximate surface area is 83.7 Å². The maximum atomic E-state index is 11.0. The molecule has 0 spiro atoms. The van der Waals surface area contributed by atoms with E-state index in [9.17, 15) is 4.79 Å². The van der Waals surface area contributed by atoms with E-state index in [1.165, 1.54) is 0 Å². The molecule has 1 unspecified atom stereocenters. The maximum absolute atomic E-state index is 11.0. The van der Waals surface area contributed by atoms with Gasteiger partial charge in [-0.1, -0.05) is 12.1 Å². The van der Waals surface area contributed by atoms with Crippen LogP contribution in [0.15, 0.2) is 37.2 Å². The van der Waals surface area contributed by atoms with Gasteiger partial charge < -0.3 is 5.73 Å². The molecule has 0 aliphatic heterocycles. The average molecular weight is 190 g/mol. The lowest BCUT2D eigenvalue weighted by Gasteiger charge is -2.09. The highest BCUT2D eigenvalue weighted by atomic mass is 16.1. The highest BCUT2D eigenvalue weighted by molar-refractivity contribution is 5.77. The van der Waals surface area contributed by atoms with Crippen molar-refractivity contribution in [3.63, 3.8) is 0 Å². The number of allylic oxidation sites excluding steroid dienone is 1. The van der Waals surface area contributed by atoms with Gasteiger partial charge in [-0.15, -0.1) is 6.58 Å². The predicted octanol–water partition coefficient (Wildman–Crippen LogP) is 1.30. The van der Waals surface area contributed by atoms with E-state index in [1.807, 2.05) is 12.1 Å². The Hall–Kier alpha value is -1.64. The summed E-state index contributed by atoms with van der Waals surface area (Å²) in [5.41, 5.74) is 6.29. The van der Waals surface area contributed by atoms with Crippen LogP contribution in [0.2, 0.25) is 0 Å². The fourth-order valence-corrected chi connectivity index (χ4v) is 1.30. The van der Waals surface area contributed by atoms with Crippen molar-refractivity contribution in [1.29, 1.82) is 0 Å². The number of aromatic nitrogens is 1. The largest absolute Gasteiger partial charge is 0.369 e. The number of amides is 1. The summed E-state index contributed by atoms with van der Waals surface area (Å²) in [6, 6.07) is 3.79. The van der Waals surface area contributed by atoms with Crippen LogP contribution in [0.25, 0.3) is 0 Å². The first-order valence-corrected chi connectivity index (χ1v) is 4.53. The highest BCUT2D eigenvalue weighted by Crippen LogP contribution is 2.11. The van der Waals surface area contributed by atoms with Gasteiger partial charge in [0.15, 0.2) is 0 Å². The second-order valence-corrected chi connectivity index (χ2v) is 3.19. The summed E-state index contributed by atoms with van der Waals surface area (Å²) in [6.07, 6.45) is 6.42. The lowest BCUT2D eigenvalue weighted by molar-refractivity contribution is -0.121. The van der Waals surface area contributed by atoms with E-state index in [0.29, 0.717) is 12.8 Å². The summed E-state index contributed by atoms with van der Waals surface area (Å²) >= 11 is 0. The van der Waals surface area contributed by atoms with Crippen molar-refractivity contribution in [3.05, 3.63) is 42.7 Å². The van der Waals surface area contributed by atoms with Crippen molar-refractivity contribution >= 4 is 5.91 Å². The number of hydrogen-bond donors (Lipinski definition) is 1. The number of nitrogens with two attached hydrogens (primary N) is 1. The molecule has 2 N–H and O–H groups in total. The lowest BCUT2D eigenvalue weighted by Crippen LogP contribution is -2.24. The molecule has 74 valence electrons. The molecule has 0 aliphatic carbocycles. The van der Waals surface area contributed by atoms with E-state index in [2.05, 4.69) is 11.6 Å². The van der Waals surface area contributed by atoms with Crippen molar-refractivity contribution in [2.45, 2.75) is 12.8 Å². The van der Waals surface area contributed by atoms with Crippen LogP contribution in [0.1, 0.15) is 12.0 Å². The van der Waals surface area contributed by atoms with Crippen molar-refractivity contribution in [3.8, 4) is 0 Å². The van der Waals surface area contributed by atoms with Gasteiger partial charge in [-0.2, -0.15) is 0 Å². The fraction of sp³-hybridized carbons (Fsp3) is 0.273. The maximum Gasteiger partial charge on any atom is 0.221 e. The minimum Gasteiger partial charge on any atom is -0.369 e. The zero-order chi connectivity index (χ0) is 10.4. The Bertz CT molecular complexity index is 308. The number of nitrogens with zero attached hydrogens (tertiary/aromatic N) is 1. The third-order valence-corrected chi connectivity index (χ3v) is 2.06. The molecule has 0 saturated heterocycles. The fourth-order valence-electron chi connectivity index (χ4n) is 1.30. The van der Waals surface area contributed by atoms with Crippen molar-refractivity contribution in [1.82, 2.24) is 4.98 Å². The van der Waals surface area contributed by atoms with Gasteiger partial charge in [-0.25, -0.2) is 0 Å². The number of hydrogen-bond acceptors (Lipinski definition) is 2. The van der Waals surface area contributed by atoms with Crippen LogP contribution >= 0.6 is 0 Å². The first-order valence-electron chi connectivity index (χ1n) is 4.53. The standard InChI is InChI=1S/C11H14N2O/c1-2-4-10(11(12)14)7-9-5-3-6-13-8-9/h2-3,5-6,8,10H,1,4,7H2,(H2,12,14). The van der Waals surface area contributed by atoms with Crippen LogP contribution in [-0.4, -0.2) is 10.9 Å². The molecule has 0 bridgehead atoms. The minimum atomic E-state index is -0.284. The Morgan fingerprint density at radius 1 is 1.71 bits per heavy atom. The van der Waals surface area contributed by atoms with Crippen LogP contribution in [0.4, 0.5) is 0 Å². The Balaban J connectivity index is 2.64.